The van der Waals surface area contributed by atoms with Crippen molar-refractivity contribution in [3.05, 3.63) is 87.6 Å². The Morgan fingerprint density at radius 1 is 1.09 bits per heavy atom. The normalized spacial score (nSPS) is 20.0. The van der Waals surface area contributed by atoms with Gasteiger partial charge in [-0.2, -0.15) is 10.1 Å². The van der Waals surface area contributed by atoms with E-state index < -0.39 is 5.25 Å². The molecule has 0 bridgehead atoms. The van der Waals surface area contributed by atoms with E-state index in [1.165, 1.54) is 11.8 Å². The van der Waals surface area contributed by atoms with E-state index in [-0.39, 0.29) is 24.3 Å². The summed E-state index contributed by atoms with van der Waals surface area (Å²) in [4.78, 5) is 30.6. The molecule has 1 aromatic heterocycles. The van der Waals surface area contributed by atoms with Gasteiger partial charge in [0.05, 0.1) is 16.6 Å². The van der Waals surface area contributed by atoms with Crippen molar-refractivity contribution in [2.24, 2.45) is 10.1 Å². The fourth-order valence-corrected chi connectivity index (χ4v) is 5.64. The number of aliphatic imine (C=N–C) groups is 1. The molecule has 0 unspecified atom stereocenters. The number of carbonyl (C=O) groups excluding carboxylic acids is 2. The summed E-state index contributed by atoms with van der Waals surface area (Å²) in [6, 6.07) is 20.9. The number of amidine groups is 1. The number of benzene rings is 2. The minimum Gasteiger partial charge on any atom is -0.326 e. The highest BCUT2D eigenvalue weighted by Gasteiger charge is 2.39. The van der Waals surface area contributed by atoms with Gasteiger partial charge in [-0.05, 0) is 41.3 Å². The Balaban J connectivity index is 1.32. The first-order valence-corrected chi connectivity index (χ1v) is 12.5. The van der Waals surface area contributed by atoms with E-state index in [4.69, 9.17) is 16.7 Å². The molecule has 6 nitrogen and oxygen atoms in total. The number of thiophene rings is 1. The smallest absolute Gasteiger partial charge is 0.262 e. The van der Waals surface area contributed by atoms with E-state index in [0.29, 0.717) is 15.9 Å². The van der Waals surface area contributed by atoms with Crippen molar-refractivity contribution >= 4 is 63.1 Å². The quantitative estimate of drug-likeness (QED) is 0.502. The van der Waals surface area contributed by atoms with E-state index in [9.17, 15) is 9.59 Å². The van der Waals surface area contributed by atoms with Crippen molar-refractivity contribution < 1.29 is 9.59 Å². The molecule has 3 aromatic rings. The fourth-order valence-electron chi connectivity index (χ4n) is 3.73. The summed E-state index contributed by atoms with van der Waals surface area (Å²) >= 11 is 8.83. The van der Waals surface area contributed by atoms with Crippen molar-refractivity contribution in [1.29, 1.82) is 0 Å². The lowest BCUT2D eigenvalue weighted by Gasteiger charge is -2.23. The second-order valence-electron chi connectivity index (χ2n) is 7.60. The van der Waals surface area contributed by atoms with Crippen LogP contribution in [0.1, 0.15) is 29.3 Å². The van der Waals surface area contributed by atoms with Gasteiger partial charge < -0.3 is 5.32 Å². The number of anilines is 1. The predicted octanol–water partition coefficient (Wildman–Crippen LogP) is 5.58. The van der Waals surface area contributed by atoms with Crippen LogP contribution in [0, 0.1) is 0 Å². The number of halogens is 1. The highest BCUT2D eigenvalue weighted by Crippen LogP contribution is 2.39. The molecule has 2 aromatic carbocycles. The van der Waals surface area contributed by atoms with Gasteiger partial charge in [0.25, 0.3) is 5.91 Å². The molecule has 2 aliphatic heterocycles. The lowest BCUT2D eigenvalue weighted by Crippen LogP contribution is -2.25. The first-order chi connectivity index (χ1) is 16.1. The molecule has 2 amide bonds. The van der Waals surface area contributed by atoms with Crippen LogP contribution in [-0.2, 0) is 9.59 Å². The molecular weight excluding hydrogens is 476 g/mol. The minimum atomic E-state index is -0.579. The first kappa shape index (κ1) is 21.9. The maximum atomic E-state index is 12.6. The second-order valence-corrected chi connectivity index (χ2v) is 10.2. The summed E-state index contributed by atoms with van der Waals surface area (Å²) in [6.45, 7) is 0. The number of hydrazone groups is 1. The van der Waals surface area contributed by atoms with Crippen LogP contribution in [-0.4, -0.2) is 33.0 Å². The van der Waals surface area contributed by atoms with E-state index >= 15 is 0 Å². The highest BCUT2D eigenvalue weighted by molar-refractivity contribution is 8.15. The summed E-state index contributed by atoms with van der Waals surface area (Å²) in [5, 5.41) is 12.1. The van der Waals surface area contributed by atoms with Crippen LogP contribution < -0.4 is 5.32 Å². The van der Waals surface area contributed by atoms with Crippen LogP contribution in [0.2, 0.25) is 5.02 Å². The van der Waals surface area contributed by atoms with Crippen molar-refractivity contribution in [1.82, 2.24) is 5.01 Å². The van der Waals surface area contributed by atoms with Gasteiger partial charge in [0.2, 0.25) is 5.91 Å². The standard InChI is InChI=1S/C24H19ClN4O2S2/c25-16-8-10-17(11-9-16)26-22(30)14-21-23(31)27-24(33-21)29-19(15-5-2-1-3-6-15)13-18(28-29)20-7-4-12-32-20/h1-12,19,21H,13-14H2,(H,26,30)/t19-,21-/m0/s1. The monoisotopic (exact) mass is 494 g/mol. The average Bonchev–Trinajstić information content (AvgIpc) is 3.56. The predicted molar refractivity (Wildman–Crippen MR) is 135 cm³/mol. The van der Waals surface area contributed by atoms with E-state index in [1.807, 2.05) is 40.7 Å². The number of hydrogen-bond donors (Lipinski definition) is 1. The maximum absolute atomic E-state index is 12.6. The van der Waals surface area contributed by atoms with Crippen LogP contribution >= 0.6 is 34.7 Å². The molecule has 0 saturated heterocycles. The zero-order chi connectivity index (χ0) is 22.8. The van der Waals surface area contributed by atoms with Gasteiger partial charge in [0.1, 0.15) is 5.25 Å². The second kappa shape index (κ2) is 9.51. The Morgan fingerprint density at radius 2 is 1.88 bits per heavy atom. The Labute approximate surface area is 204 Å². The Hall–Kier alpha value is -2.94. The van der Waals surface area contributed by atoms with Gasteiger partial charge in [-0.15, -0.1) is 11.3 Å². The summed E-state index contributed by atoms with van der Waals surface area (Å²) in [5.74, 6) is -0.559. The van der Waals surface area contributed by atoms with Crippen molar-refractivity contribution in [3.63, 3.8) is 0 Å². The molecule has 166 valence electrons. The fraction of sp³-hybridized carbons (Fsp3) is 0.167. The third-order valence-corrected chi connectivity index (χ3v) is 7.64. The zero-order valence-electron chi connectivity index (χ0n) is 17.3. The lowest BCUT2D eigenvalue weighted by molar-refractivity contribution is -0.121. The lowest BCUT2D eigenvalue weighted by atomic mass is 10.0. The van der Waals surface area contributed by atoms with Crippen molar-refractivity contribution in [3.8, 4) is 0 Å². The van der Waals surface area contributed by atoms with Gasteiger partial charge in [-0.1, -0.05) is 59.8 Å². The maximum Gasteiger partial charge on any atom is 0.262 e. The molecule has 5 rings (SSSR count). The summed E-state index contributed by atoms with van der Waals surface area (Å²) in [7, 11) is 0. The largest absolute Gasteiger partial charge is 0.326 e. The topological polar surface area (TPSA) is 74.1 Å². The summed E-state index contributed by atoms with van der Waals surface area (Å²) in [6.07, 6.45) is 0.754. The minimum absolute atomic E-state index is 0.0322. The van der Waals surface area contributed by atoms with Gasteiger partial charge in [-0.25, -0.2) is 5.01 Å². The number of nitrogens with zero attached hydrogens (tertiary/aromatic N) is 3. The molecule has 3 heterocycles. The summed E-state index contributed by atoms with van der Waals surface area (Å²) < 4.78 is 0. The van der Waals surface area contributed by atoms with Gasteiger partial charge in [-0.3, -0.25) is 9.59 Å². The molecule has 0 radical (unpaired) electrons. The van der Waals surface area contributed by atoms with Gasteiger partial charge >= 0.3 is 0 Å². The molecule has 2 atom stereocenters. The van der Waals surface area contributed by atoms with Crippen molar-refractivity contribution in [2.75, 3.05) is 5.32 Å². The number of hydrogen-bond acceptors (Lipinski definition) is 6. The van der Waals surface area contributed by atoms with Crippen LogP contribution in [0.25, 0.3) is 0 Å². The molecule has 0 fully saturated rings. The van der Waals surface area contributed by atoms with Crippen LogP contribution in [0.15, 0.2) is 82.2 Å². The number of amides is 2. The molecule has 1 N–H and O–H groups in total. The number of carbonyl (C=O) groups is 2. The molecule has 0 aliphatic carbocycles. The Kier molecular flexibility index (Phi) is 6.30. The summed E-state index contributed by atoms with van der Waals surface area (Å²) in [5.41, 5.74) is 2.71. The molecule has 0 spiro atoms. The third-order valence-electron chi connectivity index (χ3n) is 5.32. The number of thioether (sulfide) groups is 1. The molecule has 0 saturated carbocycles. The molecule has 9 heteroatoms. The zero-order valence-corrected chi connectivity index (χ0v) is 19.7. The first-order valence-electron chi connectivity index (χ1n) is 10.4. The SMILES string of the molecule is O=C(C[C@@H]1SC(N2N=C(c3cccs3)C[C@H]2c2ccccc2)=NC1=O)Nc1ccc(Cl)cc1. The van der Waals surface area contributed by atoms with Gasteiger partial charge in [0, 0.05) is 23.6 Å². The van der Waals surface area contributed by atoms with Crippen LogP contribution in [0.4, 0.5) is 5.69 Å². The van der Waals surface area contributed by atoms with Crippen LogP contribution in [0.5, 0.6) is 0 Å². The molecular formula is C24H19ClN4O2S2. The number of rotatable bonds is 5. The molecule has 33 heavy (non-hydrogen) atoms. The van der Waals surface area contributed by atoms with Crippen molar-refractivity contribution in [2.45, 2.75) is 24.1 Å². The Bertz CT molecular complexity index is 1230. The van der Waals surface area contributed by atoms with E-state index in [1.54, 1.807) is 35.6 Å². The van der Waals surface area contributed by atoms with E-state index in [0.717, 1.165) is 22.6 Å². The van der Waals surface area contributed by atoms with E-state index in [2.05, 4.69) is 22.4 Å². The Morgan fingerprint density at radius 3 is 2.61 bits per heavy atom. The third kappa shape index (κ3) is 4.88. The average molecular weight is 495 g/mol. The van der Waals surface area contributed by atoms with Gasteiger partial charge in [0.15, 0.2) is 5.17 Å². The highest BCUT2D eigenvalue weighted by atomic mass is 35.5. The molecule has 2 aliphatic rings. The number of nitrogens with one attached hydrogen (secondary N) is 1. The van der Waals surface area contributed by atoms with Crippen LogP contribution in [0.3, 0.4) is 0 Å².